The molecule has 4 rings (SSSR count). The largest absolute Gasteiger partial charge is 0.472 e. The fraction of sp³-hybridized carbons (Fsp3) is 0.333. The van der Waals surface area contributed by atoms with Gasteiger partial charge in [-0.1, -0.05) is 6.07 Å². The minimum Gasteiger partial charge on any atom is -0.472 e. The van der Waals surface area contributed by atoms with Gasteiger partial charge in [-0.3, -0.25) is 9.47 Å². The topological polar surface area (TPSA) is 47.1 Å². The number of rotatable bonds is 4. The zero-order valence-electron chi connectivity index (χ0n) is 13.2. The monoisotopic (exact) mass is 308 g/mol. The van der Waals surface area contributed by atoms with Crippen LogP contribution < -0.4 is 0 Å². The lowest BCUT2D eigenvalue weighted by molar-refractivity contribution is 0.243. The first kappa shape index (κ1) is 14.2. The highest BCUT2D eigenvalue weighted by atomic mass is 16.3. The molecule has 0 aliphatic carbocycles. The Labute approximate surface area is 135 Å². The van der Waals surface area contributed by atoms with Gasteiger partial charge in [-0.05, 0) is 44.5 Å². The van der Waals surface area contributed by atoms with Gasteiger partial charge in [0.15, 0.2) is 0 Å². The molecule has 1 fully saturated rings. The molecule has 5 nitrogen and oxygen atoms in total. The Kier molecular flexibility index (Phi) is 3.71. The fourth-order valence-electron chi connectivity index (χ4n) is 3.35. The number of pyridine rings is 1. The maximum absolute atomic E-state index is 5.19. The molecule has 5 heteroatoms. The van der Waals surface area contributed by atoms with E-state index in [4.69, 9.17) is 9.40 Å². The summed E-state index contributed by atoms with van der Waals surface area (Å²) in [5.41, 5.74) is 2.36. The maximum Gasteiger partial charge on any atom is 0.138 e. The molecule has 0 bridgehead atoms. The summed E-state index contributed by atoms with van der Waals surface area (Å²) >= 11 is 0. The molecule has 0 saturated carbocycles. The Balaban J connectivity index is 1.60. The third-order valence-corrected chi connectivity index (χ3v) is 4.50. The molecule has 23 heavy (non-hydrogen) atoms. The van der Waals surface area contributed by atoms with Crippen molar-refractivity contribution in [1.29, 1.82) is 0 Å². The van der Waals surface area contributed by atoms with E-state index in [9.17, 15) is 0 Å². The van der Waals surface area contributed by atoms with E-state index in [0.717, 1.165) is 36.8 Å². The molecule has 0 spiro atoms. The van der Waals surface area contributed by atoms with E-state index in [1.54, 1.807) is 6.26 Å². The summed E-state index contributed by atoms with van der Waals surface area (Å²) in [7, 11) is 0. The van der Waals surface area contributed by atoms with Crippen LogP contribution >= 0.6 is 0 Å². The third-order valence-electron chi connectivity index (χ3n) is 4.50. The van der Waals surface area contributed by atoms with Crippen molar-refractivity contribution < 1.29 is 4.42 Å². The summed E-state index contributed by atoms with van der Waals surface area (Å²) in [5, 5.41) is 0. The number of nitrogens with zero attached hydrogens (tertiary/aromatic N) is 4. The number of aromatic nitrogens is 3. The Hall–Kier alpha value is -2.40. The summed E-state index contributed by atoms with van der Waals surface area (Å²) in [6.45, 7) is 4.01. The van der Waals surface area contributed by atoms with Gasteiger partial charge in [0.05, 0.1) is 24.3 Å². The standard InChI is InChI=1S/C18H20N4O/c1-14-19-8-10-22(14)18-6-2-4-16(20-18)17-5-3-9-21(17)12-15-7-11-23-13-15/h2,4,6-8,10-11,13,17H,3,5,9,12H2,1H3. The van der Waals surface area contributed by atoms with Gasteiger partial charge in [-0.25, -0.2) is 9.97 Å². The number of imidazole rings is 1. The van der Waals surface area contributed by atoms with Crippen LogP contribution in [0.5, 0.6) is 0 Å². The Morgan fingerprint density at radius 3 is 3.04 bits per heavy atom. The first-order valence-corrected chi connectivity index (χ1v) is 8.04. The molecule has 118 valence electrons. The van der Waals surface area contributed by atoms with E-state index in [-0.39, 0.29) is 0 Å². The van der Waals surface area contributed by atoms with Crippen LogP contribution in [0.15, 0.2) is 53.6 Å². The van der Waals surface area contributed by atoms with Crippen LogP contribution in [0.25, 0.3) is 5.82 Å². The smallest absolute Gasteiger partial charge is 0.138 e. The molecule has 3 aromatic heterocycles. The highest BCUT2D eigenvalue weighted by molar-refractivity contribution is 5.28. The van der Waals surface area contributed by atoms with Gasteiger partial charge in [0.2, 0.25) is 0 Å². The molecule has 4 heterocycles. The van der Waals surface area contributed by atoms with Crippen molar-refractivity contribution in [3.05, 3.63) is 66.3 Å². The predicted molar refractivity (Wildman–Crippen MR) is 87.2 cm³/mol. The van der Waals surface area contributed by atoms with Crippen molar-refractivity contribution >= 4 is 0 Å². The van der Waals surface area contributed by atoms with Crippen molar-refractivity contribution in [1.82, 2.24) is 19.4 Å². The van der Waals surface area contributed by atoms with E-state index < -0.39 is 0 Å². The molecule has 0 amide bonds. The van der Waals surface area contributed by atoms with Gasteiger partial charge in [-0.2, -0.15) is 0 Å². The van der Waals surface area contributed by atoms with Crippen LogP contribution in [0.3, 0.4) is 0 Å². The van der Waals surface area contributed by atoms with Crippen molar-refractivity contribution in [2.45, 2.75) is 32.4 Å². The Morgan fingerprint density at radius 2 is 2.26 bits per heavy atom. The van der Waals surface area contributed by atoms with Crippen molar-refractivity contribution in [3.63, 3.8) is 0 Å². The van der Waals surface area contributed by atoms with Crippen LogP contribution in [0.4, 0.5) is 0 Å². The van der Waals surface area contributed by atoms with Crippen LogP contribution in [0.1, 0.15) is 36.0 Å². The van der Waals surface area contributed by atoms with E-state index in [1.807, 2.05) is 42.3 Å². The zero-order chi connectivity index (χ0) is 15.6. The lowest BCUT2D eigenvalue weighted by atomic mass is 10.1. The minimum absolute atomic E-state index is 0.369. The first-order valence-electron chi connectivity index (χ1n) is 8.04. The van der Waals surface area contributed by atoms with E-state index in [0.29, 0.717) is 6.04 Å². The normalized spacial score (nSPS) is 18.6. The van der Waals surface area contributed by atoms with E-state index >= 15 is 0 Å². The summed E-state index contributed by atoms with van der Waals surface area (Å²) in [4.78, 5) is 11.7. The van der Waals surface area contributed by atoms with Crippen LogP contribution in [0.2, 0.25) is 0 Å². The zero-order valence-corrected chi connectivity index (χ0v) is 13.2. The second-order valence-corrected chi connectivity index (χ2v) is 6.03. The molecule has 0 aromatic carbocycles. The molecule has 1 unspecified atom stereocenters. The Morgan fingerprint density at radius 1 is 1.30 bits per heavy atom. The van der Waals surface area contributed by atoms with Gasteiger partial charge in [0.1, 0.15) is 11.6 Å². The molecule has 0 N–H and O–H groups in total. The molecule has 1 aliphatic rings. The molecule has 1 aliphatic heterocycles. The average Bonchev–Trinajstić information content (AvgIpc) is 3.30. The number of aryl methyl sites for hydroxylation is 1. The van der Waals surface area contributed by atoms with Gasteiger partial charge < -0.3 is 4.42 Å². The summed E-state index contributed by atoms with van der Waals surface area (Å²) in [6, 6.07) is 8.66. The number of hydrogen-bond acceptors (Lipinski definition) is 4. The summed E-state index contributed by atoms with van der Waals surface area (Å²) in [5.74, 6) is 1.89. The average molecular weight is 308 g/mol. The highest BCUT2D eigenvalue weighted by Crippen LogP contribution is 2.32. The molecule has 1 atom stereocenters. The van der Waals surface area contributed by atoms with Gasteiger partial charge in [0.25, 0.3) is 0 Å². The number of likely N-dealkylation sites (tertiary alicyclic amines) is 1. The quantitative estimate of drug-likeness (QED) is 0.740. The van der Waals surface area contributed by atoms with Crippen LogP contribution in [0, 0.1) is 6.92 Å². The van der Waals surface area contributed by atoms with E-state index in [2.05, 4.69) is 22.0 Å². The summed E-state index contributed by atoms with van der Waals surface area (Å²) in [6.07, 6.45) is 9.69. The molecule has 1 saturated heterocycles. The van der Waals surface area contributed by atoms with Crippen molar-refractivity contribution in [2.24, 2.45) is 0 Å². The molecular weight excluding hydrogens is 288 g/mol. The predicted octanol–water partition coefficient (Wildman–Crippen LogP) is 3.51. The third kappa shape index (κ3) is 2.80. The molecule has 3 aromatic rings. The van der Waals surface area contributed by atoms with Crippen LogP contribution in [-0.4, -0.2) is 26.0 Å². The van der Waals surface area contributed by atoms with Crippen molar-refractivity contribution in [2.75, 3.05) is 6.54 Å². The Bertz CT molecular complexity index is 778. The lowest BCUT2D eigenvalue weighted by Gasteiger charge is -2.23. The van der Waals surface area contributed by atoms with Crippen molar-refractivity contribution in [3.8, 4) is 5.82 Å². The molecule has 0 radical (unpaired) electrons. The maximum atomic E-state index is 5.19. The second-order valence-electron chi connectivity index (χ2n) is 6.03. The van der Waals surface area contributed by atoms with E-state index in [1.165, 1.54) is 12.0 Å². The minimum atomic E-state index is 0.369. The second kappa shape index (κ2) is 6.01. The number of hydrogen-bond donors (Lipinski definition) is 0. The van der Waals surface area contributed by atoms with Gasteiger partial charge in [0, 0.05) is 24.5 Å². The summed E-state index contributed by atoms with van der Waals surface area (Å²) < 4.78 is 7.22. The van der Waals surface area contributed by atoms with Gasteiger partial charge in [-0.15, -0.1) is 0 Å². The number of furan rings is 1. The first-order chi connectivity index (χ1) is 11.3. The van der Waals surface area contributed by atoms with Crippen LogP contribution in [-0.2, 0) is 6.54 Å². The van der Waals surface area contributed by atoms with Gasteiger partial charge >= 0.3 is 0 Å². The SMILES string of the molecule is Cc1nccn1-c1cccc(C2CCCN2Cc2ccoc2)n1. The molecular formula is C18H20N4O. The fourth-order valence-corrected chi connectivity index (χ4v) is 3.35. The lowest BCUT2D eigenvalue weighted by Crippen LogP contribution is -2.23. The highest BCUT2D eigenvalue weighted by Gasteiger charge is 2.27.